The smallest absolute Gasteiger partial charge is 0.345 e. The van der Waals surface area contributed by atoms with Crippen molar-refractivity contribution in [2.75, 3.05) is 6.54 Å². The molecule has 0 atom stereocenters. The van der Waals surface area contributed by atoms with E-state index in [0.29, 0.717) is 5.56 Å². The number of nitrogens with zero attached hydrogens (tertiary/aromatic N) is 1. The largest absolute Gasteiger partial charge is 0.389 e. The third kappa shape index (κ3) is 3.63. The van der Waals surface area contributed by atoms with E-state index in [4.69, 9.17) is 4.74 Å². The van der Waals surface area contributed by atoms with E-state index in [1.54, 1.807) is 19.9 Å². The number of benzene rings is 1. The molecule has 1 aliphatic carbocycles. The molecule has 1 aromatic carbocycles. The van der Waals surface area contributed by atoms with Crippen LogP contribution in [0.4, 0.5) is 0 Å². The standard InChI is InChI=1S/C19H25NO3/c1-13(2)18(21)23-19(22)15-7-8-16-12-20(10-9-14(16)11-15)17-5-3-4-6-17/h7-8,11,13,17H,3-6,9-10,12H2,1-2H3. The quantitative estimate of drug-likeness (QED) is 0.634. The summed E-state index contributed by atoms with van der Waals surface area (Å²) in [6.07, 6.45) is 6.30. The van der Waals surface area contributed by atoms with Crippen LogP contribution in [0.3, 0.4) is 0 Å². The lowest BCUT2D eigenvalue weighted by molar-refractivity contribution is -0.141. The van der Waals surface area contributed by atoms with Crippen LogP contribution in [-0.2, 0) is 22.5 Å². The molecule has 2 aliphatic rings. The van der Waals surface area contributed by atoms with Crippen LogP contribution in [0.5, 0.6) is 0 Å². The maximum absolute atomic E-state index is 12.1. The third-order valence-electron chi connectivity index (χ3n) is 4.99. The second-order valence-electron chi connectivity index (χ2n) is 7.01. The van der Waals surface area contributed by atoms with Crippen molar-refractivity contribution in [3.8, 4) is 0 Å². The number of rotatable bonds is 3. The van der Waals surface area contributed by atoms with Crippen molar-refractivity contribution in [3.05, 3.63) is 34.9 Å². The molecule has 0 saturated heterocycles. The summed E-state index contributed by atoms with van der Waals surface area (Å²) in [5, 5.41) is 0. The van der Waals surface area contributed by atoms with Gasteiger partial charge in [0.2, 0.25) is 0 Å². The molecule has 0 spiro atoms. The van der Waals surface area contributed by atoms with Gasteiger partial charge < -0.3 is 4.74 Å². The van der Waals surface area contributed by atoms with Gasteiger partial charge in [0.1, 0.15) is 0 Å². The van der Waals surface area contributed by atoms with Gasteiger partial charge in [-0.3, -0.25) is 9.69 Å². The number of ether oxygens (including phenoxy) is 1. The first-order valence-corrected chi connectivity index (χ1v) is 8.66. The molecule has 1 aliphatic heterocycles. The summed E-state index contributed by atoms with van der Waals surface area (Å²) in [5.74, 6) is -1.30. The monoisotopic (exact) mass is 315 g/mol. The highest BCUT2D eigenvalue weighted by molar-refractivity contribution is 5.97. The number of hydrogen-bond acceptors (Lipinski definition) is 4. The molecule has 3 rings (SSSR count). The molecule has 0 bridgehead atoms. The molecule has 1 fully saturated rings. The van der Waals surface area contributed by atoms with Crippen molar-refractivity contribution in [1.29, 1.82) is 0 Å². The summed E-state index contributed by atoms with van der Waals surface area (Å²) in [5.41, 5.74) is 2.99. The maximum atomic E-state index is 12.1. The van der Waals surface area contributed by atoms with E-state index in [0.717, 1.165) is 25.6 Å². The van der Waals surface area contributed by atoms with E-state index in [2.05, 4.69) is 4.90 Å². The molecule has 23 heavy (non-hydrogen) atoms. The van der Waals surface area contributed by atoms with Crippen LogP contribution in [0.15, 0.2) is 18.2 Å². The summed E-state index contributed by atoms with van der Waals surface area (Å²) < 4.78 is 4.90. The molecule has 1 saturated carbocycles. The molecular formula is C19H25NO3. The van der Waals surface area contributed by atoms with Crippen LogP contribution in [-0.4, -0.2) is 29.4 Å². The Balaban J connectivity index is 1.69. The van der Waals surface area contributed by atoms with Crippen molar-refractivity contribution in [3.63, 3.8) is 0 Å². The summed E-state index contributed by atoms with van der Waals surface area (Å²) >= 11 is 0. The number of carbonyl (C=O) groups excluding carboxylic acids is 2. The molecule has 124 valence electrons. The fourth-order valence-electron chi connectivity index (χ4n) is 3.55. The van der Waals surface area contributed by atoms with Gasteiger partial charge in [-0.1, -0.05) is 32.8 Å². The number of esters is 2. The average molecular weight is 315 g/mol. The first-order chi connectivity index (χ1) is 11.0. The van der Waals surface area contributed by atoms with E-state index in [1.807, 2.05) is 12.1 Å². The summed E-state index contributed by atoms with van der Waals surface area (Å²) in [4.78, 5) is 26.2. The molecule has 0 aromatic heterocycles. The number of hydrogen-bond donors (Lipinski definition) is 0. The summed E-state index contributed by atoms with van der Waals surface area (Å²) in [7, 11) is 0. The fourth-order valence-corrected chi connectivity index (χ4v) is 3.55. The van der Waals surface area contributed by atoms with Crippen molar-refractivity contribution in [2.45, 2.75) is 58.5 Å². The number of carbonyl (C=O) groups is 2. The van der Waals surface area contributed by atoms with Gasteiger partial charge in [-0.2, -0.15) is 0 Å². The molecule has 4 heteroatoms. The van der Waals surface area contributed by atoms with Crippen molar-refractivity contribution >= 4 is 11.9 Å². The SMILES string of the molecule is CC(C)C(=O)OC(=O)c1ccc2c(c1)CCN(C1CCCC1)C2. The minimum Gasteiger partial charge on any atom is -0.389 e. The Bertz CT molecular complexity index is 603. The Kier molecular flexibility index (Phi) is 4.81. The molecule has 1 heterocycles. The van der Waals surface area contributed by atoms with Gasteiger partial charge in [-0.15, -0.1) is 0 Å². The van der Waals surface area contributed by atoms with Crippen LogP contribution in [0.1, 0.15) is 61.0 Å². The Morgan fingerprint density at radius 1 is 1.17 bits per heavy atom. The van der Waals surface area contributed by atoms with E-state index >= 15 is 0 Å². The van der Waals surface area contributed by atoms with Gasteiger partial charge in [0.25, 0.3) is 0 Å². The van der Waals surface area contributed by atoms with Gasteiger partial charge in [0.15, 0.2) is 0 Å². The highest BCUT2D eigenvalue weighted by Crippen LogP contribution is 2.29. The summed E-state index contributed by atoms with van der Waals surface area (Å²) in [6, 6.07) is 6.44. The average Bonchev–Trinajstić information content (AvgIpc) is 3.08. The molecular weight excluding hydrogens is 290 g/mol. The molecule has 1 aromatic rings. The summed E-state index contributed by atoms with van der Waals surface area (Å²) in [6.45, 7) is 5.47. The van der Waals surface area contributed by atoms with Gasteiger partial charge in [-0.25, -0.2) is 4.79 Å². The van der Waals surface area contributed by atoms with Crippen molar-refractivity contribution < 1.29 is 14.3 Å². The van der Waals surface area contributed by atoms with Crippen molar-refractivity contribution in [1.82, 2.24) is 4.90 Å². The highest BCUT2D eigenvalue weighted by atomic mass is 16.6. The molecule has 0 radical (unpaired) electrons. The van der Waals surface area contributed by atoms with E-state index in [-0.39, 0.29) is 5.92 Å². The lowest BCUT2D eigenvalue weighted by atomic mass is 9.96. The number of fused-ring (bicyclic) bond motifs is 1. The van der Waals surface area contributed by atoms with Crippen LogP contribution < -0.4 is 0 Å². The molecule has 0 amide bonds. The molecule has 0 unspecified atom stereocenters. The Morgan fingerprint density at radius 2 is 1.91 bits per heavy atom. The zero-order valence-electron chi connectivity index (χ0n) is 14.0. The highest BCUT2D eigenvalue weighted by Gasteiger charge is 2.26. The van der Waals surface area contributed by atoms with Gasteiger partial charge in [0, 0.05) is 19.1 Å². The predicted molar refractivity (Wildman–Crippen MR) is 88.1 cm³/mol. The predicted octanol–water partition coefficient (Wildman–Crippen LogP) is 3.33. The van der Waals surface area contributed by atoms with E-state index in [9.17, 15) is 9.59 Å². The normalized spacial score (nSPS) is 18.9. The van der Waals surface area contributed by atoms with E-state index < -0.39 is 11.9 Å². The van der Waals surface area contributed by atoms with Crippen LogP contribution >= 0.6 is 0 Å². The lowest BCUT2D eigenvalue weighted by Gasteiger charge is -2.33. The van der Waals surface area contributed by atoms with E-state index in [1.165, 1.54) is 36.8 Å². The van der Waals surface area contributed by atoms with Crippen molar-refractivity contribution in [2.24, 2.45) is 5.92 Å². The Hall–Kier alpha value is -1.68. The first-order valence-electron chi connectivity index (χ1n) is 8.66. The molecule has 4 nitrogen and oxygen atoms in total. The second-order valence-corrected chi connectivity index (χ2v) is 7.01. The minimum atomic E-state index is -0.537. The third-order valence-corrected chi connectivity index (χ3v) is 4.99. The maximum Gasteiger partial charge on any atom is 0.345 e. The fraction of sp³-hybridized carbons (Fsp3) is 0.579. The van der Waals surface area contributed by atoms with Crippen LogP contribution in [0, 0.1) is 5.92 Å². The molecule has 0 N–H and O–H groups in total. The topological polar surface area (TPSA) is 46.6 Å². The zero-order valence-corrected chi connectivity index (χ0v) is 14.0. The van der Waals surface area contributed by atoms with Gasteiger partial charge >= 0.3 is 11.9 Å². The first kappa shape index (κ1) is 16.2. The Morgan fingerprint density at radius 3 is 2.61 bits per heavy atom. The zero-order chi connectivity index (χ0) is 16.4. The van der Waals surface area contributed by atoms with Crippen LogP contribution in [0.25, 0.3) is 0 Å². The second kappa shape index (κ2) is 6.83. The van der Waals surface area contributed by atoms with Crippen LogP contribution in [0.2, 0.25) is 0 Å². The Labute approximate surface area is 137 Å². The van der Waals surface area contributed by atoms with Gasteiger partial charge in [0.05, 0.1) is 11.5 Å². The minimum absolute atomic E-state index is 0.295. The van der Waals surface area contributed by atoms with Gasteiger partial charge in [-0.05, 0) is 42.5 Å². The lowest BCUT2D eigenvalue weighted by Crippen LogP contribution is -2.37.